The SMILES string of the molecule is CCCC(=O)Nc1ccc2c(c1)C(=O)N(C)[C@@H]1CC[C@H](CC(=O)NCCc3ccncc3)O[C@H]1CO2. The first kappa shape index (κ1) is 25.6. The lowest BCUT2D eigenvalue weighted by molar-refractivity contribution is -0.134. The molecule has 0 spiro atoms. The van der Waals surface area contributed by atoms with Gasteiger partial charge in [-0.2, -0.15) is 0 Å². The zero-order valence-corrected chi connectivity index (χ0v) is 20.9. The van der Waals surface area contributed by atoms with Crippen LogP contribution < -0.4 is 15.4 Å². The molecule has 0 radical (unpaired) electrons. The highest BCUT2D eigenvalue weighted by Crippen LogP contribution is 2.32. The van der Waals surface area contributed by atoms with Crippen molar-refractivity contribution < 1.29 is 23.9 Å². The number of aromatic nitrogens is 1. The number of nitrogens with zero attached hydrogens (tertiary/aromatic N) is 2. The third kappa shape index (κ3) is 6.40. The molecule has 2 aromatic rings. The fourth-order valence-electron chi connectivity index (χ4n) is 4.73. The Bertz CT molecular complexity index is 1080. The maximum Gasteiger partial charge on any atom is 0.257 e. The highest BCUT2D eigenvalue weighted by molar-refractivity contribution is 5.99. The van der Waals surface area contributed by atoms with Gasteiger partial charge in [0.25, 0.3) is 5.91 Å². The van der Waals surface area contributed by atoms with E-state index in [1.165, 1.54) is 0 Å². The number of fused-ring (bicyclic) bond motifs is 2. The topological polar surface area (TPSA) is 110 Å². The molecule has 2 aliphatic rings. The summed E-state index contributed by atoms with van der Waals surface area (Å²) in [5, 5.41) is 5.80. The summed E-state index contributed by atoms with van der Waals surface area (Å²) in [5.74, 6) is 0.144. The van der Waals surface area contributed by atoms with Gasteiger partial charge in [-0.3, -0.25) is 19.4 Å². The van der Waals surface area contributed by atoms with Gasteiger partial charge in [-0.15, -0.1) is 0 Å². The zero-order chi connectivity index (χ0) is 25.5. The van der Waals surface area contributed by atoms with E-state index in [0.717, 1.165) is 18.4 Å². The monoisotopic (exact) mass is 494 g/mol. The number of anilines is 1. The van der Waals surface area contributed by atoms with Crippen molar-refractivity contribution >= 4 is 23.4 Å². The molecule has 0 aliphatic carbocycles. The molecule has 0 unspecified atom stereocenters. The van der Waals surface area contributed by atoms with Crippen LogP contribution in [0.4, 0.5) is 5.69 Å². The van der Waals surface area contributed by atoms with E-state index in [2.05, 4.69) is 15.6 Å². The van der Waals surface area contributed by atoms with Crippen LogP contribution in [0, 0.1) is 0 Å². The number of ether oxygens (including phenoxy) is 2. The summed E-state index contributed by atoms with van der Waals surface area (Å²) in [6.45, 7) is 2.77. The summed E-state index contributed by atoms with van der Waals surface area (Å²) in [6.07, 6.45) is 6.50. The predicted molar refractivity (Wildman–Crippen MR) is 135 cm³/mol. The molecule has 9 nitrogen and oxygen atoms in total. The van der Waals surface area contributed by atoms with Crippen LogP contribution in [0.1, 0.15) is 54.9 Å². The van der Waals surface area contributed by atoms with Gasteiger partial charge in [-0.1, -0.05) is 6.92 Å². The molecule has 3 atom stereocenters. The van der Waals surface area contributed by atoms with Crippen molar-refractivity contribution in [3.63, 3.8) is 0 Å². The minimum Gasteiger partial charge on any atom is -0.490 e. The second-order valence-corrected chi connectivity index (χ2v) is 9.34. The zero-order valence-electron chi connectivity index (χ0n) is 20.9. The summed E-state index contributed by atoms with van der Waals surface area (Å²) in [4.78, 5) is 43.5. The van der Waals surface area contributed by atoms with E-state index in [0.29, 0.717) is 42.8 Å². The average molecular weight is 495 g/mol. The molecule has 3 amide bonds. The number of likely N-dealkylation sites (N-methyl/N-ethyl adjacent to an activating group) is 1. The predicted octanol–water partition coefficient (Wildman–Crippen LogP) is 2.95. The molecule has 36 heavy (non-hydrogen) atoms. The van der Waals surface area contributed by atoms with Crippen LogP contribution in [-0.2, 0) is 20.7 Å². The summed E-state index contributed by atoms with van der Waals surface area (Å²) >= 11 is 0. The van der Waals surface area contributed by atoms with Crippen LogP contribution in [0.3, 0.4) is 0 Å². The van der Waals surface area contributed by atoms with Gasteiger partial charge in [0.1, 0.15) is 18.5 Å². The van der Waals surface area contributed by atoms with Crippen molar-refractivity contribution in [1.29, 1.82) is 0 Å². The quantitative estimate of drug-likeness (QED) is 0.584. The Morgan fingerprint density at radius 2 is 1.94 bits per heavy atom. The van der Waals surface area contributed by atoms with Gasteiger partial charge in [-0.25, -0.2) is 0 Å². The van der Waals surface area contributed by atoms with Gasteiger partial charge in [0.05, 0.1) is 24.1 Å². The molecular formula is C27H34N4O5. The number of hydrogen-bond acceptors (Lipinski definition) is 6. The number of carbonyl (C=O) groups excluding carboxylic acids is 3. The molecule has 192 valence electrons. The Morgan fingerprint density at radius 1 is 1.14 bits per heavy atom. The molecule has 0 bridgehead atoms. The molecule has 0 saturated carbocycles. The summed E-state index contributed by atoms with van der Waals surface area (Å²) in [5.41, 5.74) is 2.11. The maximum atomic E-state index is 13.3. The van der Waals surface area contributed by atoms with E-state index >= 15 is 0 Å². The largest absolute Gasteiger partial charge is 0.490 e. The Labute approximate surface area is 211 Å². The Morgan fingerprint density at radius 3 is 2.72 bits per heavy atom. The molecule has 1 fully saturated rings. The normalized spacial score (nSPS) is 21.3. The maximum absolute atomic E-state index is 13.3. The lowest BCUT2D eigenvalue weighted by Gasteiger charge is -2.42. The van der Waals surface area contributed by atoms with Gasteiger partial charge in [-0.05, 0) is 61.6 Å². The van der Waals surface area contributed by atoms with E-state index in [1.807, 2.05) is 19.1 Å². The molecule has 2 aliphatic heterocycles. The molecule has 9 heteroatoms. The van der Waals surface area contributed by atoms with Crippen molar-refractivity contribution in [3.8, 4) is 5.75 Å². The minimum atomic E-state index is -0.334. The third-order valence-electron chi connectivity index (χ3n) is 6.67. The Balaban J connectivity index is 1.34. The van der Waals surface area contributed by atoms with Crippen LogP contribution >= 0.6 is 0 Å². The van der Waals surface area contributed by atoms with Gasteiger partial charge < -0.3 is 25.0 Å². The first-order chi connectivity index (χ1) is 17.4. The van der Waals surface area contributed by atoms with E-state index in [-0.39, 0.29) is 49.0 Å². The van der Waals surface area contributed by atoms with Gasteiger partial charge >= 0.3 is 0 Å². The number of rotatable bonds is 8. The smallest absolute Gasteiger partial charge is 0.257 e. The molecule has 1 saturated heterocycles. The van der Waals surface area contributed by atoms with Crippen LogP contribution in [0.5, 0.6) is 5.75 Å². The van der Waals surface area contributed by atoms with Crippen molar-refractivity contribution in [2.75, 3.05) is 25.5 Å². The second kappa shape index (κ2) is 12.0. The second-order valence-electron chi connectivity index (χ2n) is 9.34. The number of amides is 3. The Hall–Kier alpha value is -3.46. The van der Waals surface area contributed by atoms with Crippen LogP contribution in [0.25, 0.3) is 0 Å². The Kier molecular flexibility index (Phi) is 8.53. The number of nitrogens with one attached hydrogen (secondary N) is 2. The van der Waals surface area contributed by atoms with Crippen LogP contribution in [0.15, 0.2) is 42.7 Å². The standard InChI is InChI=1S/C27H34N4O5/c1-3-4-25(32)30-19-5-8-23-21(15-19)27(34)31(2)22-7-6-20(36-24(22)17-35-23)16-26(33)29-14-11-18-9-12-28-13-10-18/h5,8-10,12-13,15,20,22,24H,3-4,6-7,11,14,16-17H2,1-2H3,(H,29,33)(H,30,32)/t20-,22-,24+/m1/s1. The average Bonchev–Trinajstić information content (AvgIpc) is 2.87. The molecule has 2 N–H and O–H groups in total. The fourth-order valence-corrected chi connectivity index (χ4v) is 4.73. The van der Waals surface area contributed by atoms with E-state index < -0.39 is 0 Å². The van der Waals surface area contributed by atoms with Gasteiger partial charge in [0.2, 0.25) is 11.8 Å². The summed E-state index contributed by atoms with van der Waals surface area (Å²) in [6, 6.07) is 8.83. The number of pyridine rings is 1. The lowest BCUT2D eigenvalue weighted by Crippen LogP contribution is -2.54. The summed E-state index contributed by atoms with van der Waals surface area (Å²) in [7, 11) is 1.77. The molecule has 1 aromatic carbocycles. The van der Waals surface area contributed by atoms with Crippen molar-refractivity contribution in [1.82, 2.24) is 15.2 Å². The number of benzene rings is 1. The summed E-state index contributed by atoms with van der Waals surface area (Å²) < 4.78 is 12.3. The molecule has 1 aromatic heterocycles. The first-order valence-corrected chi connectivity index (χ1v) is 12.6. The van der Waals surface area contributed by atoms with Crippen LogP contribution in [-0.4, -0.2) is 66.1 Å². The van der Waals surface area contributed by atoms with E-state index in [9.17, 15) is 14.4 Å². The van der Waals surface area contributed by atoms with Crippen molar-refractivity contribution in [2.24, 2.45) is 0 Å². The first-order valence-electron chi connectivity index (χ1n) is 12.6. The number of hydrogen-bond donors (Lipinski definition) is 2. The highest BCUT2D eigenvalue weighted by Gasteiger charge is 2.39. The molecule has 4 rings (SSSR count). The van der Waals surface area contributed by atoms with Gasteiger partial charge in [0, 0.05) is 38.1 Å². The van der Waals surface area contributed by atoms with E-state index in [1.54, 1.807) is 42.5 Å². The fraction of sp³-hybridized carbons (Fsp3) is 0.481. The van der Waals surface area contributed by atoms with Crippen LogP contribution in [0.2, 0.25) is 0 Å². The number of carbonyl (C=O) groups is 3. The minimum absolute atomic E-state index is 0.0494. The highest BCUT2D eigenvalue weighted by atomic mass is 16.5. The molecular weight excluding hydrogens is 460 g/mol. The lowest BCUT2D eigenvalue weighted by atomic mass is 9.94. The van der Waals surface area contributed by atoms with E-state index in [4.69, 9.17) is 9.47 Å². The van der Waals surface area contributed by atoms with Crippen molar-refractivity contribution in [2.45, 2.75) is 63.7 Å². The van der Waals surface area contributed by atoms with Gasteiger partial charge in [0.15, 0.2) is 0 Å². The third-order valence-corrected chi connectivity index (χ3v) is 6.67. The van der Waals surface area contributed by atoms with Crippen molar-refractivity contribution in [3.05, 3.63) is 53.9 Å². The molecule has 3 heterocycles.